The Morgan fingerprint density at radius 2 is 1.67 bits per heavy atom. The van der Waals surface area contributed by atoms with Gasteiger partial charge in [0.1, 0.15) is 11.3 Å². The van der Waals surface area contributed by atoms with Crippen LogP contribution in [0, 0.1) is 0 Å². The van der Waals surface area contributed by atoms with Gasteiger partial charge in [0.05, 0.1) is 23.6 Å². The molecule has 7 nitrogen and oxygen atoms in total. The van der Waals surface area contributed by atoms with Crippen LogP contribution in [0.5, 0.6) is 0 Å². The summed E-state index contributed by atoms with van der Waals surface area (Å²) in [6.07, 6.45) is 4.76. The lowest BCUT2D eigenvalue weighted by atomic mass is 10.0. The number of carbonyl (C=O) groups excluding carboxylic acids is 1. The summed E-state index contributed by atoms with van der Waals surface area (Å²) in [6.45, 7) is 0. The van der Waals surface area contributed by atoms with Gasteiger partial charge in [-0.3, -0.25) is 14.3 Å². The van der Waals surface area contributed by atoms with Crippen molar-refractivity contribution in [2.45, 2.75) is 18.4 Å². The summed E-state index contributed by atoms with van der Waals surface area (Å²) in [6, 6.07) is 16.0. The van der Waals surface area contributed by atoms with E-state index >= 15 is 0 Å². The summed E-state index contributed by atoms with van der Waals surface area (Å²) in [5.41, 5.74) is 1.59. The number of hydrogen-bond donors (Lipinski definition) is 1. The van der Waals surface area contributed by atoms with Crippen LogP contribution in [-0.2, 0) is 12.6 Å². The highest BCUT2D eigenvalue weighted by Gasteiger charge is 2.46. The number of nitrogens with one attached hydrogen (secondary N) is 1. The molecule has 0 atom stereocenters. The molecule has 9 heteroatoms. The maximum atomic E-state index is 13.4. The molecule has 33 heavy (non-hydrogen) atoms. The molecule has 1 fully saturated rings. The first-order chi connectivity index (χ1) is 15.8. The summed E-state index contributed by atoms with van der Waals surface area (Å²) in [5.74, 6) is -0.456. The van der Waals surface area contributed by atoms with Crippen LogP contribution in [0.3, 0.4) is 0 Å². The van der Waals surface area contributed by atoms with Crippen LogP contribution >= 0.6 is 23.2 Å². The van der Waals surface area contributed by atoms with Crippen molar-refractivity contribution in [3.8, 4) is 16.9 Å². The van der Waals surface area contributed by atoms with Gasteiger partial charge in [-0.05, 0) is 48.7 Å². The summed E-state index contributed by atoms with van der Waals surface area (Å²) >= 11 is 12.0. The normalized spacial score (nSPS) is 14.2. The maximum absolute atomic E-state index is 13.4. The molecule has 2 aromatic heterocycles. The van der Waals surface area contributed by atoms with Gasteiger partial charge in [0.2, 0.25) is 0 Å². The molecule has 1 aliphatic carbocycles. The zero-order chi connectivity index (χ0) is 23.2. The molecular weight excluding hydrogens is 461 g/mol. The average Bonchev–Trinajstić information content (AvgIpc) is 3.45. The zero-order valence-electron chi connectivity index (χ0n) is 17.6. The Morgan fingerprint density at radius 3 is 2.24 bits per heavy atom. The highest BCUT2D eigenvalue weighted by molar-refractivity contribution is 6.30. The van der Waals surface area contributed by atoms with E-state index < -0.39 is 17.0 Å². The van der Waals surface area contributed by atoms with Crippen LogP contribution in [-0.4, -0.2) is 25.5 Å². The molecule has 166 valence electrons. The number of aryl methyl sites for hydroxylation is 1. The second-order valence-corrected chi connectivity index (χ2v) is 8.96. The number of halogens is 2. The topological polar surface area (TPSA) is 81.8 Å². The van der Waals surface area contributed by atoms with Gasteiger partial charge in [0.15, 0.2) is 0 Å². The molecule has 1 saturated carbocycles. The van der Waals surface area contributed by atoms with Gasteiger partial charge in [-0.25, -0.2) is 0 Å². The first-order valence-electron chi connectivity index (χ1n) is 10.3. The highest BCUT2D eigenvalue weighted by atomic mass is 35.5. The van der Waals surface area contributed by atoms with Crippen molar-refractivity contribution >= 4 is 29.1 Å². The van der Waals surface area contributed by atoms with E-state index in [4.69, 9.17) is 23.2 Å². The lowest BCUT2D eigenvalue weighted by molar-refractivity contribution is 0.0928. The second-order valence-electron chi connectivity index (χ2n) is 8.08. The van der Waals surface area contributed by atoms with Gasteiger partial charge in [0.25, 0.3) is 11.5 Å². The highest BCUT2D eigenvalue weighted by Crippen LogP contribution is 2.45. The number of benzene rings is 2. The third-order valence-electron chi connectivity index (χ3n) is 5.73. The fourth-order valence-electron chi connectivity index (χ4n) is 3.78. The Hall–Kier alpha value is -3.42. The van der Waals surface area contributed by atoms with E-state index in [1.54, 1.807) is 54.3 Å². The van der Waals surface area contributed by atoms with Crippen molar-refractivity contribution in [1.82, 2.24) is 24.9 Å². The number of rotatable bonds is 5. The standard InChI is InChI=1S/C24H19Cl2N5O2/c1-30-14-19(13-27-30)31-23(33)20(12-21(29-31)15-2-6-17(25)7-3-15)22(32)28-24(10-11-24)16-4-8-18(26)9-5-16/h2-9,12-14H,10-11H2,1H3,(H,28,32). The molecule has 1 amide bonds. The minimum atomic E-state index is -0.523. The van der Waals surface area contributed by atoms with E-state index in [0.717, 1.165) is 24.0 Å². The van der Waals surface area contributed by atoms with E-state index in [1.807, 2.05) is 12.1 Å². The van der Waals surface area contributed by atoms with Gasteiger partial charge in [-0.1, -0.05) is 47.5 Å². The lowest BCUT2D eigenvalue weighted by Crippen LogP contribution is -2.39. The third-order valence-corrected chi connectivity index (χ3v) is 6.24. The van der Waals surface area contributed by atoms with Crippen molar-refractivity contribution in [1.29, 1.82) is 0 Å². The summed E-state index contributed by atoms with van der Waals surface area (Å²) in [5, 5.41) is 12.9. The summed E-state index contributed by atoms with van der Waals surface area (Å²) < 4.78 is 2.77. The Labute approximate surface area is 199 Å². The molecule has 0 saturated heterocycles. The number of carbonyl (C=O) groups is 1. The quantitative estimate of drug-likeness (QED) is 0.460. The molecule has 0 bridgehead atoms. The number of nitrogens with zero attached hydrogens (tertiary/aromatic N) is 4. The first-order valence-corrected chi connectivity index (χ1v) is 11.1. The van der Waals surface area contributed by atoms with E-state index in [9.17, 15) is 9.59 Å². The van der Waals surface area contributed by atoms with Crippen LogP contribution in [0.2, 0.25) is 10.0 Å². The molecule has 4 aromatic rings. The third kappa shape index (κ3) is 4.17. The fourth-order valence-corrected chi connectivity index (χ4v) is 4.03. The van der Waals surface area contributed by atoms with E-state index in [0.29, 0.717) is 21.4 Å². The Balaban J connectivity index is 1.58. The van der Waals surface area contributed by atoms with Crippen LogP contribution in [0.4, 0.5) is 0 Å². The molecule has 0 radical (unpaired) electrons. The predicted molar refractivity (Wildman–Crippen MR) is 127 cm³/mol. The molecule has 0 unspecified atom stereocenters. The van der Waals surface area contributed by atoms with Gasteiger partial charge >= 0.3 is 0 Å². The van der Waals surface area contributed by atoms with Gasteiger partial charge in [0, 0.05) is 22.7 Å². The molecule has 1 aliphatic rings. The number of aromatic nitrogens is 4. The van der Waals surface area contributed by atoms with Crippen molar-refractivity contribution in [3.05, 3.63) is 98.5 Å². The summed E-state index contributed by atoms with van der Waals surface area (Å²) in [7, 11) is 1.74. The first kappa shape index (κ1) is 21.4. The Morgan fingerprint density at radius 1 is 1.03 bits per heavy atom. The molecule has 5 rings (SSSR count). The predicted octanol–water partition coefficient (Wildman–Crippen LogP) is 4.36. The van der Waals surface area contributed by atoms with Gasteiger partial charge in [-0.2, -0.15) is 14.9 Å². The Kier molecular flexibility index (Phi) is 5.31. The maximum Gasteiger partial charge on any atom is 0.284 e. The summed E-state index contributed by atoms with van der Waals surface area (Å²) in [4.78, 5) is 26.7. The second kappa shape index (κ2) is 8.17. The lowest BCUT2D eigenvalue weighted by Gasteiger charge is -2.18. The number of amides is 1. The van der Waals surface area contributed by atoms with Crippen molar-refractivity contribution in [2.24, 2.45) is 7.05 Å². The van der Waals surface area contributed by atoms with Crippen molar-refractivity contribution in [3.63, 3.8) is 0 Å². The van der Waals surface area contributed by atoms with Crippen molar-refractivity contribution in [2.75, 3.05) is 0 Å². The fraction of sp³-hybridized carbons (Fsp3) is 0.167. The van der Waals surface area contributed by atoms with E-state index in [2.05, 4.69) is 15.5 Å². The molecule has 0 spiro atoms. The van der Waals surface area contributed by atoms with E-state index in [-0.39, 0.29) is 5.56 Å². The molecule has 2 heterocycles. The minimum absolute atomic E-state index is 0.000887. The van der Waals surface area contributed by atoms with Crippen LogP contribution < -0.4 is 10.9 Å². The van der Waals surface area contributed by atoms with E-state index in [1.165, 1.54) is 16.9 Å². The monoisotopic (exact) mass is 479 g/mol. The zero-order valence-corrected chi connectivity index (χ0v) is 19.1. The number of hydrogen-bond acceptors (Lipinski definition) is 4. The molecular formula is C24H19Cl2N5O2. The minimum Gasteiger partial charge on any atom is -0.342 e. The Bertz CT molecular complexity index is 1400. The van der Waals surface area contributed by atoms with Crippen LogP contribution in [0.15, 0.2) is 71.8 Å². The molecule has 0 aliphatic heterocycles. The average molecular weight is 480 g/mol. The van der Waals surface area contributed by atoms with Crippen molar-refractivity contribution < 1.29 is 4.79 Å². The molecule has 1 N–H and O–H groups in total. The molecule has 2 aromatic carbocycles. The van der Waals surface area contributed by atoms with Gasteiger partial charge < -0.3 is 5.32 Å². The SMILES string of the molecule is Cn1cc(-n2nc(-c3ccc(Cl)cc3)cc(C(=O)NC3(c4ccc(Cl)cc4)CC3)c2=O)cn1. The van der Waals surface area contributed by atoms with Crippen LogP contribution in [0.1, 0.15) is 28.8 Å². The smallest absolute Gasteiger partial charge is 0.284 e. The van der Waals surface area contributed by atoms with Crippen LogP contribution in [0.25, 0.3) is 16.9 Å². The largest absolute Gasteiger partial charge is 0.342 e. The van der Waals surface area contributed by atoms with Gasteiger partial charge in [-0.15, -0.1) is 0 Å².